The van der Waals surface area contributed by atoms with Gasteiger partial charge in [-0.3, -0.25) is 4.79 Å². The highest BCUT2D eigenvalue weighted by Crippen LogP contribution is 2.19. The Morgan fingerprint density at radius 2 is 2.22 bits per heavy atom. The SMILES string of the molecule is C[C@H](CN(C)C(=O)Nc1ccc(F)c(C(N)=O)c1)c1nccs1. The van der Waals surface area contributed by atoms with E-state index in [9.17, 15) is 14.0 Å². The monoisotopic (exact) mass is 336 g/mol. The lowest BCUT2D eigenvalue weighted by Gasteiger charge is -2.21. The fourth-order valence-electron chi connectivity index (χ4n) is 2.06. The van der Waals surface area contributed by atoms with Crippen LogP contribution in [-0.2, 0) is 0 Å². The van der Waals surface area contributed by atoms with Gasteiger partial charge in [-0.2, -0.15) is 0 Å². The molecule has 0 aliphatic carbocycles. The van der Waals surface area contributed by atoms with Gasteiger partial charge >= 0.3 is 6.03 Å². The maximum Gasteiger partial charge on any atom is 0.321 e. The van der Waals surface area contributed by atoms with Crippen molar-refractivity contribution in [1.29, 1.82) is 0 Å². The molecule has 8 heteroatoms. The van der Waals surface area contributed by atoms with E-state index in [4.69, 9.17) is 5.73 Å². The van der Waals surface area contributed by atoms with E-state index in [1.807, 2.05) is 12.3 Å². The van der Waals surface area contributed by atoms with Crippen molar-refractivity contribution in [1.82, 2.24) is 9.88 Å². The molecule has 6 nitrogen and oxygen atoms in total. The summed E-state index contributed by atoms with van der Waals surface area (Å²) in [4.78, 5) is 29.0. The molecule has 1 atom stereocenters. The molecule has 1 aromatic heterocycles. The molecule has 3 N–H and O–H groups in total. The molecule has 0 spiro atoms. The molecule has 0 fully saturated rings. The van der Waals surface area contributed by atoms with Crippen molar-refractivity contribution >= 4 is 29.0 Å². The maximum absolute atomic E-state index is 13.4. The number of urea groups is 1. The summed E-state index contributed by atoms with van der Waals surface area (Å²) in [5.74, 6) is -1.51. The molecule has 3 amide bonds. The third kappa shape index (κ3) is 4.26. The molecule has 2 rings (SSSR count). The molecule has 2 aromatic rings. The van der Waals surface area contributed by atoms with Crippen molar-refractivity contribution in [3.05, 3.63) is 46.2 Å². The van der Waals surface area contributed by atoms with Crippen molar-refractivity contribution in [2.24, 2.45) is 5.73 Å². The minimum absolute atomic E-state index is 0.0974. The van der Waals surface area contributed by atoms with E-state index in [1.165, 1.54) is 28.4 Å². The van der Waals surface area contributed by atoms with Gasteiger partial charge in [-0.25, -0.2) is 14.2 Å². The lowest BCUT2D eigenvalue weighted by atomic mass is 10.1. The maximum atomic E-state index is 13.4. The van der Waals surface area contributed by atoms with Crippen LogP contribution in [0.2, 0.25) is 0 Å². The second-order valence-corrected chi connectivity index (χ2v) is 6.07. The van der Waals surface area contributed by atoms with Gasteiger partial charge in [0, 0.05) is 36.8 Å². The average Bonchev–Trinajstić information content (AvgIpc) is 3.03. The number of hydrogen-bond donors (Lipinski definition) is 2. The molecular weight excluding hydrogens is 319 g/mol. The summed E-state index contributed by atoms with van der Waals surface area (Å²) in [6, 6.07) is 3.31. The van der Waals surface area contributed by atoms with Gasteiger partial charge in [-0.05, 0) is 18.2 Å². The van der Waals surface area contributed by atoms with Crippen LogP contribution in [0.1, 0.15) is 28.2 Å². The summed E-state index contributed by atoms with van der Waals surface area (Å²) in [7, 11) is 1.65. The van der Waals surface area contributed by atoms with Crippen LogP contribution in [0, 0.1) is 5.82 Å². The first-order valence-electron chi connectivity index (χ1n) is 6.89. The van der Waals surface area contributed by atoms with Crippen LogP contribution in [0.5, 0.6) is 0 Å². The molecular formula is C15H17FN4O2S. The summed E-state index contributed by atoms with van der Waals surface area (Å²) in [5.41, 5.74) is 5.13. The first kappa shape index (κ1) is 16.9. The largest absolute Gasteiger partial charge is 0.366 e. The predicted octanol–water partition coefficient (Wildman–Crippen LogP) is 2.65. The number of likely N-dealkylation sites (N-methyl/N-ethyl adjacent to an activating group) is 1. The van der Waals surface area contributed by atoms with Crippen LogP contribution in [0.3, 0.4) is 0 Å². The molecule has 0 saturated heterocycles. The zero-order valence-electron chi connectivity index (χ0n) is 12.7. The van der Waals surface area contributed by atoms with Crippen molar-refractivity contribution in [2.75, 3.05) is 18.9 Å². The van der Waals surface area contributed by atoms with Crippen LogP contribution >= 0.6 is 11.3 Å². The van der Waals surface area contributed by atoms with Gasteiger partial charge in [0.05, 0.1) is 10.6 Å². The lowest BCUT2D eigenvalue weighted by Crippen LogP contribution is -2.34. The first-order valence-corrected chi connectivity index (χ1v) is 7.77. The zero-order chi connectivity index (χ0) is 17.0. The number of halogens is 1. The number of aromatic nitrogens is 1. The van der Waals surface area contributed by atoms with E-state index in [2.05, 4.69) is 10.3 Å². The highest BCUT2D eigenvalue weighted by molar-refractivity contribution is 7.09. The van der Waals surface area contributed by atoms with E-state index in [1.54, 1.807) is 13.2 Å². The van der Waals surface area contributed by atoms with E-state index >= 15 is 0 Å². The van der Waals surface area contributed by atoms with Gasteiger partial charge in [0.1, 0.15) is 5.82 Å². The van der Waals surface area contributed by atoms with Crippen molar-refractivity contribution in [3.63, 3.8) is 0 Å². The molecule has 0 radical (unpaired) electrons. The van der Waals surface area contributed by atoms with E-state index in [0.29, 0.717) is 12.2 Å². The summed E-state index contributed by atoms with van der Waals surface area (Å²) >= 11 is 1.53. The standard InChI is InChI=1S/C15H17FN4O2S/c1-9(14-18-5-6-23-14)8-20(2)15(22)19-10-3-4-12(16)11(7-10)13(17)21/h3-7,9H,8H2,1-2H3,(H2,17,21)(H,19,22)/t9-/m1/s1. The molecule has 0 unspecified atom stereocenters. The van der Waals surface area contributed by atoms with Crippen LogP contribution in [0.15, 0.2) is 29.8 Å². The Kier molecular flexibility index (Phi) is 5.28. The summed E-state index contributed by atoms with van der Waals surface area (Å²) in [6.07, 6.45) is 1.72. The molecule has 0 aliphatic heterocycles. The molecule has 0 bridgehead atoms. The Bertz CT molecular complexity index is 706. The van der Waals surface area contributed by atoms with Gasteiger partial charge in [-0.1, -0.05) is 6.92 Å². The topological polar surface area (TPSA) is 88.3 Å². The number of primary amides is 1. The Morgan fingerprint density at radius 3 is 2.83 bits per heavy atom. The molecule has 1 heterocycles. The number of amides is 3. The van der Waals surface area contributed by atoms with Gasteiger partial charge < -0.3 is 16.0 Å². The number of anilines is 1. The number of thiazole rings is 1. The summed E-state index contributed by atoms with van der Waals surface area (Å²) < 4.78 is 13.4. The molecule has 1 aromatic carbocycles. The normalized spacial score (nSPS) is 11.8. The van der Waals surface area contributed by atoms with E-state index in [0.717, 1.165) is 11.1 Å². The number of carbonyl (C=O) groups excluding carboxylic acids is 2. The Labute approximate surface area is 137 Å². The smallest absolute Gasteiger partial charge is 0.321 e. The van der Waals surface area contributed by atoms with Gasteiger partial charge in [0.2, 0.25) is 0 Å². The first-order chi connectivity index (χ1) is 10.9. The fraction of sp³-hybridized carbons (Fsp3) is 0.267. The van der Waals surface area contributed by atoms with Crippen molar-refractivity contribution in [3.8, 4) is 0 Å². The third-order valence-electron chi connectivity index (χ3n) is 3.25. The number of rotatable bonds is 5. The van der Waals surface area contributed by atoms with Crippen molar-refractivity contribution < 1.29 is 14.0 Å². The van der Waals surface area contributed by atoms with Gasteiger partial charge in [0.25, 0.3) is 5.91 Å². The van der Waals surface area contributed by atoms with Gasteiger partial charge in [0.15, 0.2) is 0 Å². The number of hydrogen-bond acceptors (Lipinski definition) is 4. The number of benzene rings is 1. The molecule has 0 saturated carbocycles. The average molecular weight is 336 g/mol. The van der Waals surface area contributed by atoms with Crippen LogP contribution < -0.4 is 11.1 Å². The highest BCUT2D eigenvalue weighted by atomic mass is 32.1. The predicted molar refractivity (Wildman–Crippen MR) is 87.1 cm³/mol. The second kappa shape index (κ2) is 7.19. The number of nitrogens with zero attached hydrogens (tertiary/aromatic N) is 2. The van der Waals surface area contributed by atoms with E-state index < -0.39 is 11.7 Å². The Balaban J connectivity index is 2.01. The summed E-state index contributed by atoms with van der Waals surface area (Å²) in [5, 5.41) is 5.44. The minimum Gasteiger partial charge on any atom is -0.366 e. The zero-order valence-corrected chi connectivity index (χ0v) is 13.6. The third-order valence-corrected chi connectivity index (χ3v) is 4.26. The summed E-state index contributed by atoms with van der Waals surface area (Å²) in [6.45, 7) is 2.45. The number of carbonyl (C=O) groups is 2. The van der Waals surface area contributed by atoms with Crippen LogP contribution in [0.4, 0.5) is 14.9 Å². The number of nitrogens with two attached hydrogens (primary N) is 1. The van der Waals surface area contributed by atoms with Gasteiger partial charge in [-0.15, -0.1) is 11.3 Å². The van der Waals surface area contributed by atoms with E-state index in [-0.39, 0.29) is 17.5 Å². The molecule has 122 valence electrons. The molecule has 0 aliphatic rings. The lowest BCUT2D eigenvalue weighted by molar-refractivity contribution is 0.0996. The second-order valence-electron chi connectivity index (χ2n) is 5.14. The van der Waals surface area contributed by atoms with Crippen LogP contribution in [-0.4, -0.2) is 35.4 Å². The van der Waals surface area contributed by atoms with Crippen molar-refractivity contribution in [2.45, 2.75) is 12.8 Å². The highest BCUT2D eigenvalue weighted by Gasteiger charge is 2.16. The molecule has 23 heavy (non-hydrogen) atoms. The quantitative estimate of drug-likeness (QED) is 0.880. The Hall–Kier alpha value is -2.48. The number of nitrogens with one attached hydrogen (secondary N) is 1. The Morgan fingerprint density at radius 1 is 1.48 bits per heavy atom. The van der Waals surface area contributed by atoms with Crippen LogP contribution in [0.25, 0.3) is 0 Å². The fourth-order valence-corrected chi connectivity index (χ4v) is 2.75. The minimum atomic E-state index is -0.885.